The van der Waals surface area contributed by atoms with Gasteiger partial charge in [0, 0.05) is 13.2 Å². The molecule has 2 unspecified atom stereocenters. The Kier molecular flexibility index (Phi) is 5.04. The maximum absolute atomic E-state index is 12.3. The highest BCUT2D eigenvalue weighted by Gasteiger charge is 2.38. The third-order valence-electron chi connectivity index (χ3n) is 4.85. The summed E-state index contributed by atoms with van der Waals surface area (Å²) in [5.41, 5.74) is 0.120. The van der Waals surface area contributed by atoms with Crippen LogP contribution in [0, 0.1) is 5.92 Å². The van der Waals surface area contributed by atoms with Crippen LogP contribution in [0.2, 0.25) is 0 Å². The lowest BCUT2D eigenvalue weighted by Crippen LogP contribution is -2.46. The molecule has 0 aromatic heterocycles. The molecule has 1 saturated heterocycles. The number of nitrogens with one attached hydrogen (secondary N) is 1. The molecule has 132 valence electrons. The van der Waals surface area contributed by atoms with Gasteiger partial charge in [-0.1, -0.05) is 42.5 Å². The van der Waals surface area contributed by atoms with Crippen molar-refractivity contribution in [1.82, 2.24) is 5.32 Å². The zero-order valence-corrected chi connectivity index (χ0v) is 14.3. The average molecular weight is 341 g/mol. The predicted molar refractivity (Wildman–Crippen MR) is 95.4 cm³/mol. The highest BCUT2D eigenvalue weighted by Crippen LogP contribution is 2.25. The van der Waals surface area contributed by atoms with Crippen LogP contribution >= 0.6 is 0 Å². The lowest BCUT2D eigenvalue weighted by Gasteiger charge is -2.23. The second-order valence-electron chi connectivity index (χ2n) is 6.81. The average Bonchev–Trinajstić information content (AvgIpc) is 3.06. The first kappa shape index (κ1) is 17.4. The molecule has 1 amide bonds. The first-order valence-electron chi connectivity index (χ1n) is 8.61. The predicted octanol–water partition coefficient (Wildman–Crippen LogP) is 2.77. The third-order valence-corrected chi connectivity index (χ3v) is 4.85. The largest absolute Gasteiger partial charge is 0.481 e. The Labute approximate surface area is 147 Å². The minimum Gasteiger partial charge on any atom is -0.481 e. The first-order chi connectivity index (χ1) is 12.0. The quantitative estimate of drug-likeness (QED) is 0.847. The minimum absolute atomic E-state index is 0.0972. The maximum atomic E-state index is 12.3. The van der Waals surface area contributed by atoms with Crippen LogP contribution < -0.4 is 5.32 Å². The fourth-order valence-corrected chi connectivity index (χ4v) is 3.26. The molecule has 0 aliphatic carbocycles. The van der Waals surface area contributed by atoms with E-state index in [1.54, 1.807) is 6.92 Å². The van der Waals surface area contributed by atoms with E-state index >= 15 is 0 Å². The van der Waals surface area contributed by atoms with E-state index in [-0.39, 0.29) is 12.5 Å². The normalized spacial score (nSPS) is 21.2. The van der Waals surface area contributed by atoms with Crippen LogP contribution in [0.1, 0.15) is 25.3 Å². The molecule has 25 heavy (non-hydrogen) atoms. The maximum Gasteiger partial charge on any atom is 0.308 e. The summed E-state index contributed by atoms with van der Waals surface area (Å²) in [6, 6.07) is 13.9. The fourth-order valence-electron chi connectivity index (χ4n) is 3.26. The summed E-state index contributed by atoms with van der Waals surface area (Å²) in [6.07, 6.45) is 1.89. The molecule has 1 fully saturated rings. The van der Waals surface area contributed by atoms with Gasteiger partial charge in [0.1, 0.15) is 5.60 Å². The van der Waals surface area contributed by atoms with Gasteiger partial charge in [0.15, 0.2) is 0 Å². The molecule has 0 spiro atoms. The van der Waals surface area contributed by atoms with Crippen molar-refractivity contribution in [3.8, 4) is 0 Å². The molecule has 3 rings (SSSR count). The number of carboxylic acid groups (broad SMARTS) is 1. The van der Waals surface area contributed by atoms with Crippen molar-refractivity contribution in [3.05, 3.63) is 48.0 Å². The van der Waals surface area contributed by atoms with E-state index in [4.69, 9.17) is 4.74 Å². The van der Waals surface area contributed by atoms with Crippen molar-refractivity contribution in [1.29, 1.82) is 0 Å². The van der Waals surface area contributed by atoms with Crippen molar-refractivity contribution < 1.29 is 19.4 Å². The summed E-state index contributed by atoms with van der Waals surface area (Å²) in [7, 11) is 0. The number of carboxylic acids is 1. The number of hydrogen-bond acceptors (Lipinski definition) is 3. The van der Waals surface area contributed by atoms with Gasteiger partial charge in [-0.25, -0.2) is 0 Å². The molecule has 2 N–H and O–H groups in total. The van der Waals surface area contributed by atoms with Gasteiger partial charge in [-0.2, -0.15) is 0 Å². The lowest BCUT2D eigenvalue weighted by atomic mass is 9.96. The Morgan fingerprint density at radius 2 is 2.00 bits per heavy atom. The Balaban J connectivity index is 1.66. The number of carbonyl (C=O) groups excluding carboxylic acids is 1. The summed E-state index contributed by atoms with van der Waals surface area (Å²) in [6.45, 7) is 2.43. The topological polar surface area (TPSA) is 75.6 Å². The van der Waals surface area contributed by atoms with E-state index in [9.17, 15) is 14.7 Å². The number of benzene rings is 2. The zero-order chi connectivity index (χ0) is 17.9. The van der Waals surface area contributed by atoms with E-state index < -0.39 is 17.5 Å². The van der Waals surface area contributed by atoms with Gasteiger partial charge in [0.05, 0.1) is 5.92 Å². The van der Waals surface area contributed by atoms with E-state index in [1.165, 1.54) is 0 Å². The first-order valence-corrected chi connectivity index (χ1v) is 8.61. The monoisotopic (exact) mass is 341 g/mol. The second-order valence-corrected chi connectivity index (χ2v) is 6.81. The number of carbonyl (C=O) groups is 2. The molecule has 0 bridgehead atoms. The summed E-state index contributed by atoms with van der Waals surface area (Å²) in [5, 5.41) is 14.5. The van der Waals surface area contributed by atoms with Gasteiger partial charge >= 0.3 is 5.97 Å². The summed E-state index contributed by atoms with van der Waals surface area (Å²) in [5.74, 6) is -1.81. The Morgan fingerprint density at radius 3 is 2.68 bits per heavy atom. The highest BCUT2D eigenvalue weighted by molar-refractivity contribution is 5.85. The highest BCUT2D eigenvalue weighted by atomic mass is 16.5. The molecule has 1 aliphatic rings. The van der Waals surface area contributed by atoms with Crippen LogP contribution in [-0.4, -0.2) is 35.7 Å². The number of fused-ring (bicyclic) bond motifs is 1. The van der Waals surface area contributed by atoms with Crippen molar-refractivity contribution in [2.45, 2.75) is 31.8 Å². The Hall–Kier alpha value is -2.40. The molecule has 1 aliphatic heterocycles. The van der Waals surface area contributed by atoms with Crippen molar-refractivity contribution >= 4 is 22.6 Å². The van der Waals surface area contributed by atoms with E-state index in [1.807, 2.05) is 42.5 Å². The van der Waals surface area contributed by atoms with Gasteiger partial charge in [-0.05, 0) is 42.5 Å². The van der Waals surface area contributed by atoms with Gasteiger partial charge < -0.3 is 15.2 Å². The molecule has 2 aromatic rings. The number of hydrogen-bond donors (Lipinski definition) is 2. The molecule has 0 radical (unpaired) electrons. The van der Waals surface area contributed by atoms with Gasteiger partial charge in [0.2, 0.25) is 0 Å². The molecule has 1 heterocycles. The van der Waals surface area contributed by atoms with Gasteiger partial charge in [0.25, 0.3) is 5.91 Å². The summed E-state index contributed by atoms with van der Waals surface area (Å²) >= 11 is 0. The Bertz CT molecular complexity index is 780. The fraction of sp³-hybridized carbons (Fsp3) is 0.400. The van der Waals surface area contributed by atoms with Crippen LogP contribution in [0.15, 0.2) is 42.5 Å². The summed E-state index contributed by atoms with van der Waals surface area (Å²) in [4.78, 5) is 23.9. The minimum atomic E-state index is -0.911. The van der Waals surface area contributed by atoms with Gasteiger partial charge in [-0.15, -0.1) is 0 Å². The zero-order valence-electron chi connectivity index (χ0n) is 14.3. The van der Waals surface area contributed by atoms with Gasteiger partial charge in [-0.3, -0.25) is 9.59 Å². The molecule has 5 nitrogen and oxygen atoms in total. The third kappa shape index (κ3) is 3.99. The van der Waals surface area contributed by atoms with Crippen molar-refractivity contribution in [2.24, 2.45) is 5.92 Å². The summed E-state index contributed by atoms with van der Waals surface area (Å²) < 4.78 is 5.50. The standard InChI is InChI=1S/C20H23NO4/c1-20(9-4-10-25-20)19(24)21-13-17(18(22)23)12-14-7-8-15-5-2-3-6-16(15)11-14/h2-3,5-8,11,17H,4,9-10,12-13H2,1H3,(H,21,24)(H,22,23). The number of rotatable bonds is 6. The molecule has 2 aromatic carbocycles. The van der Waals surface area contributed by atoms with Crippen molar-refractivity contribution in [3.63, 3.8) is 0 Å². The van der Waals surface area contributed by atoms with E-state index in [0.717, 1.165) is 22.8 Å². The van der Waals surface area contributed by atoms with E-state index in [0.29, 0.717) is 19.4 Å². The SMILES string of the molecule is CC1(C(=O)NCC(Cc2ccc3ccccc3c2)C(=O)O)CCCO1. The Morgan fingerprint density at radius 1 is 1.24 bits per heavy atom. The smallest absolute Gasteiger partial charge is 0.308 e. The molecule has 5 heteroatoms. The number of amides is 1. The molecular weight excluding hydrogens is 318 g/mol. The van der Waals surface area contributed by atoms with Crippen LogP contribution in [-0.2, 0) is 20.7 Å². The number of ether oxygens (including phenoxy) is 1. The molecule has 2 atom stereocenters. The second kappa shape index (κ2) is 7.23. The molecular formula is C20H23NO4. The lowest BCUT2D eigenvalue weighted by molar-refractivity contribution is -0.143. The molecule has 0 saturated carbocycles. The van der Waals surface area contributed by atoms with Crippen LogP contribution in [0.3, 0.4) is 0 Å². The van der Waals surface area contributed by atoms with Crippen LogP contribution in [0.4, 0.5) is 0 Å². The van der Waals surface area contributed by atoms with Crippen LogP contribution in [0.25, 0.3) is 10.8 Å². The van der Waals surface area contributed by atoms with Crippen LogP contribution in [0.5, 0.6) is 0 Å². The van der Waals surface area contributed by atoms with E-state index in [2.05, 4.69) is 5.32 Å². The number of aliphatic carboxylic acids is 1. The van der Waals surface area contributed by atoms with Crippen molar-refractivity contribution in [2.75, 3.05) is 13.2 Å².